The largest absolute Gasteiger partial charge is 0.492 e. The first-order valence-corrected chi connectivity index (χ1v) is 7.07. The molecule has 6 heteroatoms. The third-order valence-electron chi connectivity index (χ3n) is 3.47. The summed E-state index contributed by atoms with van der Waals surface area (Å²) in [5.41, 5.74) is 0.893. The standard InChI is InChI=1S/C15H22FN3O2/c1-9-7-19(8-10(2)17-9)14-12(16)5-6-13(15(14)21-4)18-11(3)20/h5-6,9-10,17H,7-8H2,1-4H3,(H,18,20)/t9-,10-/m0/s1. The number of carbonyl (C=O) groups excluding carboxylic acids is 1. The van der Waals surface area contributed by atoms with E-state index >= 15 is 0 Å². The lowest BCUT2D eigenvalue weighted by atomic mass is 10.1. The SMILES string of the molecule is COc1c(NC(C)=O)ccc(F)c1N1C[C@H](C)N[C@@H](C)C1. The van der Waals surface area contributed by atoms with Crippen molar-refractivity contribution in [2.24, 2.45) is 0 Å². The lowest BCUT2D eigenvalue weighted by Gasteiger charge is -2.38. The van der Waals surface area contributed by atoms with Crippen LogP contribution in [0.2, 0.25) is 0 Å². The fourth-order valence-corrected chi connectivity index (χ4v) is 2.85. The first-order chi connectivity index (χ1) is 9.92. The Labute approximate surface area is 124 Å². The van der Waals surface area contributed by atoms with E-state index in [9.17, 15) is 9.18 Å². The number of amides is 1. The summed E-state index contributed by atoms with van der Waals surface area (Å²) in [6, 6.07) is 3.39. The molecule has 1 amide bonds. The minimum atomic E-state index is -0.345. The zero-order valence-electron chi connectivity index (χ0n) is 12.9. The van der Waals surface area contributed by atoms with E-state index in [1.165, 1.54) is 26.2 Å². The molecule has 0 spiro atoms. The fraction of sp³-hybridized carbons (Fsp3) is 0.533. The highest BCUT2D eigenvalue weighted by atomic mass is 19.1. The van der Waals surface area contributed by atoms with Crippen molar-refractivity contribution < 1.29 is 13.9 Å². The van der Waals surface area contributed by atoms with E-state index in [4.69, 9.17) is 4.74 Å². The topological polar surface area (TPSA) is 53.6 Å². The monoisotopic (exact) mass is 295 g/mol. The lowest BCUT2D eigenvalue weighted by molar-refractivity contribution is -0.114. The first kappa shape index (κ1) is 15.6. The van der Waals surface area contributed by atoms with Crippen LogP contribution in [0.5, 0.6) is 5.75 Å². The van der Waals surface area contributed by atoms with Crippen molar-refractivity contribution in [1.29, 1.82) is 0 Å². The maximum Gasteiger partial charge on any atom is 0.221 e. The molecule has 1 saturated heterocycles. The number of carbonyl (C=O) groups is 1. The summed E-state index contributed by atoms with van der Waals surface area (Å²) >= 11 is 0. The van der Waals surface area contributed by atoms with Crippen LogP contribution in [0, 0.1) is 5.82 Å². The van der Waals surface area contributed by atoms with Crippen LogP contribution >= 0.6 is 0 Å². The molecular weight excluding hydrogens is 273 g/mol. The quantitative estimate of drug-likeness (QED) is 0.895. The average Bonchev–Trinajstić information content (AvgIpc) is 2.38. The molecule has 0 saturated carbocycles. The van der Waals surface area contributed by atoms with Crippen molar-refractivity contribution in [1.82, 2.24) is 5.32 Å². The molecule has 0 aromatic heterocycles. The normalized spacial score (nSPS) is 22.0. The van der Waals surface area contributed by atoms with Gasteiger partial charge in [-0.15, -0.1) is 0 Å². The number of ether oxygens (including phenoxy) is 1. The molecule has 0 aliphatic carbocycles. The van der Waals surface area contributed by atoms with Crippen LogP contribution < -0.4 is 20.3 Å². The Morgan fingerprint density at radius 2 is 2.00 bits per heavy atom. The molecule has 2 N–H and O–H groups in total. The fourth-order valence-electron chi connectivity index (χ4n) is 2.85. The van der Waals surface area contributed by atoms with Crippen molar-refractivity contribution in [3.63, 3.8) is 0 Å². The predicted octanol–water partition coefficient (Wildman–Crippen LogP) is 1.98. The Morgan fingerprint density at radius 3 is 2.52 bits per heavy atom. The van der Waals surface area contributed by atoms with Gasteiger partial charge in [-0.1, -0.05) is 0 Å². The van der Waals surface area contributed by atoms with Crippen molar-refractivity contribution in [2.75, 3.05) is 30.4 Å². The molecule has 1 fully saturated rings. The number of anilines is 2. The molecule has 1 aromatic carbocycles. The van der Waals surface area contributed by atoms with E-state index in [-0.39, 0.29) is 23.8 Å². The molecule has 2 rings (SSSR count). The van der Waals surface area contributed by atoms with Gasteiger partial charge < -0.3 is 20.3 Å². The third-order valence-corrected chi connectivity index (χ3v) is 3.47. The summed E-state index contributed by atoms with van der Waals surface area (Å²) in [7, 11) is 1.48. The zero-order valence-corrected chi connectivity index (χ0v) is 12.9. The van der Waals surface area contributed by atoms with E-state index in [2.05, 4.69) is 24.5 Å². The summed E-state index contributed by atoms with van der Waals surface area (Å²) in [6.45, 7) is 6.90. The van der Waals surface area contributed by atoms with Crippen molar-refractivity contribution in [2.45, 2.75) is 32.9 Å². The highest BCUT2D eigenvalue weighted by Crippen LogP contribution is 2.38. The molecule has 0 unspecified atom stereocenters. The molecule has 116 valence electrons. The van der Waals surface area contributed by atoms with E-state index in [0.29, 0.717) is 30.2 Å². The van der Waals surface area contributed by atoms with Gasteiger partial charge in [0, 0.05) is 32.1 Å². The number of nitrogens with one attached hydrogen (secondary N) is 2. The number of hydrogen-bond acceptors (Lipinski definition) is 4. The summed E-state index contributed by atoms with van der Waals surface area (Å²) in [5.74, 6) is -0.193. The molecule has 1 aliphatic heterocycles. The minimum Gasteiger partial charge on any atom is -0.492 e. The van der Waals surface area contributed by atoms with Crippen molar-refractivity contribution in [3.05, 3.63) is 17.9 Å². The molecular formula is C15H22FN3O2. The van der Waals surface area contributed by atoms with Gasteiger partial charge in [-0.2, -0.15) is 0 Å². The number of benzene rings is 1. The number of hydrogen-bond donors (Lipinski definition) is 2. The second kappa shape index (κ2) is 6.30. The Balaban J connectivity index is 2.43. The van der Waals surface area contributed by atoms with Gasteiger partial charge >= 0.3 is 0 Å². The van der Waals surface area contributed by atoms with Crippen LogP contribution in [0.25, 0.3) is 0 Å². The lowest BCUT2D eigenvalue weighted by Crippen LogP contribution is -2.54. The Bertz CT molecular complexity index is 526. The number of rotatable bonds is 3. The summed E-state index contributed by atoms with van der Waals surface area (Å²) in [5, 5.41) is 6.09. The average molecular weight is 295 g/mol. The van der Waals surface area contributed by atoms with Gasteiger partial charge in [0.2, 0.25) is 5.91 Å². The van der Waals surface area contributed by atoms with Crippen molar-refractivity contribution in [3.8, 4) is 5.75 Å². The van der Waals surface area contributed by atoms with Gasteiger partial charge in [0.1, 0.15) is 11.5 Å². The Morgan fingerprint density at radius 1 is 1.38 bits per heavy atom. The molecule has 2 atom stereocenters. The maximum absolute atomic E-state index is 14.3. The highest BCUT2D eigenvalue weighted by molar-refractivity contribution is 5.92. The van der Waals surface area contributed by atoms with E-state index in [1.54, 1.807) is 0 Å². The second-order valence-electron chi connectivity index (χ2n) is 5.53. The number of nitrogens with zero attached hydrogens (tertiary/aromatic N) is 1. The summed E-state index contributed by atoms with van der Waals surface area (Å²) < 4.78 is 19.7. The summed E-state index contributed by atoms with van der Waals surface area (Å²) in [6.07, 6.45) is 0. The second-order valence-corrected chi connectivity index (χ2v) is 5.53. The van der Waals surface area contributed by atoms with Crippen molar-refractivity contribution >= 4 is 17.3 Å². The Hall–Kier alpha value is -1.82. The number of piperazine rings is 1. The van der Waals surface area contributed by atoms with Gasteiger partial charge in [-0.3, -0.25) is 4.79 Å². The number of halogens is 1. The van der Waals surface area contributed by atoms with E-state index < -0.39 is 0 Å². The molecule has 5 nitrogen and oxygen atoms in total. The molecule has 21 heavy (non-hydrogen) atoms. The number of methoxy groups -OCH3 is 1. The maximum atomic E-state index is 14.3. The highest BCUT2D eigenvalue weighted by Gasteiger charge is 2.27. The first-order valence-electron chi connectivity index (χ1n) is 7.07. The van der Waals surface area contributed by atoms with Gasteiger partial charge in [-0.05, 0) is 26.0 Å². The van der Waals surface area contributed by atoms with Crippen LogP contribution in [0.1, 0.15) is 20.8 Å². The van der Waals surface area contributed by atoms with Gasteiger partial charge in [0.05, 0.1) is 12.8 Å². The Kier molecular flexibility index (Phi) is 4.67. The van der Waals surface area contributed by atoms with Gasteiger partial charge in [0.15, 0.2) is 5.75 Å². The van der Waals surface area contributed by atoms with Crippen LogP contribution in [-0.2, 0) is 4.79 Å². The zero-order chi connectivity index (χ0) is 15.6. The molecule has 0 radical (unpaired) electrons. The van der Waals surface area contributed by atoms with E-state index in [1.807, 2.05) is 4.90 Å². The van der Waals surface area contributed by atoms with E-state index in [0.717, 1.165) is 0 Å². The molecule has 1 aromatic rings. The smallest absolute Gasteiger partial charge is 0.221 e. The molecule has 1 aliphatic rings. The summed E-state index contributed by atoms with van der Waals surface area (Å²) in [4.78, 5) is 13.2. The third kappa shape index (κ3) is 3.44. The van der Waals surface area contributed by atoms with Gasteiger partial charge in [-0.25, -0.2) is 4.39 Å². The predicted molar refractivity (Wildman–Crippen MR) is 81.5 cm³/mol. The minimum absolute atomic E-state index is 0.215. The molecule has 0 bridgehead atoms. The van der Waals surface area contributed by atoms with Crippen LogP contribution in [0.15, 0.2) is 12.1 Å². The van der Waals surface area contributed by atoms with Crippen LogP contribution in [0.3, 0.4) is 0 Å². The van der Waals surface area contributed by atoms with Crippen LogP contribution in [-0.4, -0.2) is 38.2 Å². The van der Waals surface area contributed by atoms with Crippen LogP contribution in [0.4, 0.5) is 15.8 Å². The molecule has 1 heterocycles. The van der Waals surface area contributed by atoms with Gasteiger partial charge in [0.25, 0.3) is 0 Å².